The van der Waals surface area contributed by atoms with Crippen LogP contribution in [-0.2, 0) is 13.6 Å². The highest BCUT2D eigenvalue weighted by atomic mass is 16.1. The van der Waals surface area contributed by atoms with Crippen molar-refractivity contribution in [3.8, 4) is 0 Å². The lowest BCUT2D eigenvalue weighted by atomic mass is 10.1. The van der Waals surface area contributed by atoms with Crippen LogP contribution >= 0.6 is 0 Å². The van der Waals surface area contributed by atoms with Gasteiger partial charge in [0.25, 0.3) is 5.91 Å². The summed E-state index contributed by atoms with van der Waals surface area (Å²) in [6, 6.07) is 12.8. The van der Waals surface area contributed by atoms with Gasteiger partial charge in [-0.1, -0.05) is 18.2 Å². The van der Waals surface area contributed by atoms with E-state index in [4.69, 9.17) is 5.73 Å². The Balaban J connectivity index is 2.01. The van der Waals surface area contributed by atoms with Crippen LogP contribution in [-0.4, -0.2) is 15.5 Å². The first-order chi connectivity index (χ1) is 10.2. The Kier molecular flexibility index (Phi) is 3.41. The van der Waals surface area contributed by atoms with Crippen LogP contribution in [0.1, 0.15) is 15.9 Å². The maximum absolute atomic E-state index is 12.3. The number of carbonyl (C=O) groups excluding carboxylic acids is 1. The molecule has 0 atom stereocenters. The summed E-state index contributed by atoms with van der Waals surface area (Å²) in [6.45, 7) is 0.335. The van der Waals surface area contributed by atoms with E-state index in [0.717, 1.165) is 22.3 Å². The molecule has 1 heterocycles. The van der Waals surface area contributed by atoms with Gasteiger partial charge in [-0.25, -0.2) is 4.98 Å². The third kappa shape index (κ3) is 2.39. The molecule has 0 bridgehead atoms. The number of carbonyl (C=O) groups is 1. The Labute approximate surface area is 122 Å². The fourth-order valence-electron chi connectivity index (χ4n) is 2.44. The van der Waals surface area contributed by atoms with Gasteiger partial charge in [0.15, 0.2) is 0 Å². The number of hydrogen-bond acceptors (Lipinski definition) is 3. The molecule has 0 unspecified atom stereocenters. The van der Waals surface area contributed by atoms with Crippen molar-refractivity contribution in [3.63, 3.8) is 0 Å². The number of fused-ring (bicyclic) bond motifs is 1. The molecule has 3 aromatic rings. The largest absolute Gasteiger partial charge is 0.333 e. The highest BCUT2D eigenvalue weighted by Gasteiger charge is 2.13. The van der Waals surface area contributed by atoms with Crippen molar-refractivity contribution in [3.05, 3.63) is 59.9 Å². The smallest absolute Gasteiger partial charge is 0.255 e. The molecule has 0 aliphatic rings. The number of anilines is 1. The lowest BCUT2D eigenvalue weighted by Gasteiger charge is -2.12. The van der Waals surface area contributed by atoms with Gasteiger partial charge < -0.3 is 15.6 Å². The van der Waals surface area contributed by atoms with Crippen LogP contribution in [0.15, 0.2) is 48.8 Å². The zero-order valence-corrected chi connectivity index (χ0v) is 11.7. The summed E-state index contributed by atoms with van der Waals surface area (Å²) in [7, 11) is 1.91. The fraction of sp³-hybridized carbons (Fsp3) is 0.125. The lowest BCUT2D eigenvalue weighted by molar-refractivity contribution is 0.102. The summed E-state index contributed by atoms with van der Waals surface area (Å²) in [5.74, 6) is -0.146. The predicted octanol–water partition coefficient (Wildman–Crippen LogP) is 2.28. The lowest BCUT2D eigenvalue weighted by Crippen LogP contribution is -2.14. The topological polar surface area (TPSA) is 72.9 Å². The zero-order chi connectivity index (χ0) is 14.8. The molecule has 3 N–H and O–H groups in total. The molecule has 0 fully saturated rings. The first kappa shape index (κ1) is 13.3. The fourth-order valence-corrected chi connectivity index (χ4v) is 2.44. The number of amides is 1. The van der Waals surface area contributed by atoms with Gasteiger partial charge in [0.1, 0.15) is 0 Å². The summed E-state index contributed by atoms with van der Waals surface area (Å²) in [6.07, 6.45) is 1.74. The maximum atomic E-state index is 12.3. The van der Waals surface area contributed by atoms with E-state index in [-0.39, 0.29) is 5.91 Å². The summed E-state index contributed by atoms with van der Waals surface area (Å²) in [4.78, 5) is 16.6. The SMILES string of the molecule is Cn1cnc2ccc(NC(=O)c3ccccc3)c(CN)c21. The van der Waals surface area contributed by atoms with Gasteiger partial charge in [0.2, 0.25) is 0 Å². The summed E-state index contributed by atoms with van der Waals surface area (Å²) in [5, 5.41) is 2.93. The summed E-state index contributed by atoms with van der Waals surface area (Å²) >= 11 is 0. The average molecular weight is 280 g/mol. The van der Waals surface area contributed by atoms with Crippen LogP contribution in [0.25, 0.3) is 11.0 Å². The van der Waals surface area contributed by atoms with Crippen LogP contribution in [0.2, 0.25) is 0 Å². The molecule has 0 saturated carbocycles. The number of aryl methyl sites for hydroxylation is 1. The van der Waals surface area contributed by atoms with E-state index in [1.165, 1.54) is 0 Å². The molecule has 2 aromatic carbocycles. The van der Waals surface area contributed by atoms with Crippen LogP contribution in [0.4, 0.5) is 5.69 Å². The van der Waals surface area contributed by atoms with Gasteiger partial charge >= 0.3 is 0 Å². The summed E-state index contributed by atoms with van der Waals surface area (Å²) < 4.78 is 1.91. The highest BCUT2D eigenvalue weighted by molar-refractivity contribution is 6.05. The van der Waals surface area contributed by atoms with Gasteiger partial charge in [0, 0.05) is 30.4 Å². The molecular formula is C16H16N4O. The molecule has 5 heteroatoms. The zero-order valence-electron chi connectivity index (χ0n) is 11.7. The van der Waals surface area contributed by atoms with Crippen molar-refractivity contribution in [2.45, 2.75) is 6.54 Å². The molecule has 21 heavy (non-hydrogen) atoms. The van der Waals surface area contributed by atoms with E-state index >= 15 is 0 Å². The molecule has 1 aromatic heterocycles. The van der Waals surface area contributed by atoms with Crippen LogP contribution in [0.5, 0.6) is 0 Å². The molecule has 0 aliphatic heterocycles. The molecule has 5 nitrogen and oxygen atoms in total. The Morgan fingerprint density at radius 1 is 1.24 bits per heavy atom. The number of rotatable bonds is 3. The average Bonchev–Trinajstić information content (AvgIpc) is 2.90. The molecule has 106 valence electrons. The predicted molar refractivity (Wildman–Crippen MR) is 83.0 cm³/mol. The molecule has 0 saturated heterocycles. The summed E-state index contributed by atoms with van der Waals surface area (Å²) in [5.41, 5.74) is 9.91. The normalized spacial score (nSPS) is 10.8. The van der Waals surface area contributed by atoms with Crippen molar-refractivity contribution < 1.29 is 4.79 Å². The quantitative estimate of drug-likeness (QED) is 0.773. The molecular weight excluding hydrogens is 264 g/mol. The van der Waals surface area contributed by atoms with Crippen LogP contribution < -0.4 is 11.1 Å². The van der Waals surface area contributed by atoms with Crippen molar-refractivity contribution in [1.82, 2.24) is 9.55 Å². The first-order valence-corrected chi connectivity index (χ1v) is 6.70. The van der Waals surface area contributed by atoms with Gasteiger partial charge in [-0.15, -0.1) is 0 Å². The molecule has 0 radical (unpaired) electrons. The Morgan fingerprint density at radius 2 is 2.00 bits per heavy atom. The molecule has 3 rings (SSSR count). The van der Waals surface area contributed by atoms with Crippen molar-refractivity contribution in [2.75, 3.05) is 5.32 Å². The number of imidazole rings is 1. The van der Waals surface area contributed by atoms with Crippen molar-refractivity contribution in [1.29, 1.82) is 0 Å². The van der Waals surface area contributed by atoms with Crippen molar-refractivity contribution >= 4 is 22.6 Å². The van der Waals surface area contributed by atoms with E-state index in [2.05, 4.69) is 10.3 Å². The van der Waals surface area contributed by atoms with E-state index < -0.39 is 0 Å². The van der Waals surface area contributed by atoms with Gasteiger partial charge in [-0.05, 0) is 24.3 Å². The second-order valence-electron chi connectivity index (χ2n) is 4.84. The van der Waals surface area contributed by atoms with E-state index in [1.54, 1.807) is 18.5 Å². The second kappa shape index (κ2) is 5.38. The van der Waals surface area contributed by atoms with E-state index in [0.29, 0.717) is 12.1 Å². The van der Waals surface area contributed by atoms with Gasteiger partial charge in [-0.2, -0.15) is 0 Å². The van der Waals surface area contributed by atoms with E-state index in [1.807, 2.05) is 41.9 Å². The first-order valence-electron chi connectivity index (χ1n) is 6.70. The maximum Gasteiger partial charge on any atom is 0.255 e. The van der Waals surface area contributed by atoms with Gasteiger partial charge in [-0.3, -0.25) is 4.79 Å². The second-order valence-corrected chi connectivity index (χ2v) is 4.84. The number of nitrogens with zero attached hydrogens (tertiary/aromatic N) is 2. The third-order valence-electron chi connectivity index (χ3n) is 3.47. The third-order valence-corrected chi connectivity index (χ3v) is 3.47. The van der Waals surface area contributed by atoms with Crippen LogP contribution in [0, 0.1) is 0 Å². The number of nitrogens with two attached hydrogens (primary N) is 1. The monoisotopic (exact) mass is 280 g/mol. The van der Waals surface area contributed by atoms with E-state index in [9.17, 15) is 4.79 Å². The highest BCUT2D eigenvalue weighted by Crippen LogP contribution is 2.25. The molecule has 1 amide bonds. The minimum atomic E-state index is -0.146. The van der Waals surface area contributed by atoms with Gasteiger partial charge in [0.05, 0.1) is 17.4 Å². The minimum Gasteiger partial charge on any atom is -0.333 e. The Morgan fingerprint density at radius 3 is 2.71 bits per heavy atom. The molecule has 0 spiro atoms. The van der Waals surface area contributed by atoms with Crippen LogP contribution in [0.3, 0.4) is 0 Å². The number of nitrogens with one attached hydrogen (secondary N) is 1. The standard InChI is InChI=1S/C16H16N4O/c1-20-10-18-14-8-7-13(12(9-17)15(14)20)19-16(21)11-5-3-2-4-6-11/h2-8,10H,9,17H2,1H3,(H,19,21). The number of benzene rings is 2. The Hall–Kier alpha value is -2.66. The Bertz CT molecular complexity index is 793. The number of aromatic nitrogens is 2. The minimum absolute atomic E-state index is 0.146. The van der Waals surface area contributed by atoms with Crippen molar-refractivity contribution in [2.24, 2.45) is 12.8 Å². The molecule has 0 aliphatic carbocycles. The number of hydrogen-bond donors (Lipinski definition) is 2.